The van der Waals surface area contributed by atoms with E-state index in [1.165, 1.54) is 0 Å². The lowest BCUT2D eigenvalue weighted by molar-refractivity contribution is 0.0636. The van der Waals surface area contributed by atoms with Crippen LogP contribution in [0, 0.1) is 11.8 Å². The summed E-state index contributed by atoms with van der Waals surface area (Å²) in [7, 11) is 0. The fourth-order valence-corrected chi connectivity index (χ4v) is 2.16. The van der Waals surface area contributed by atoms with Crippen LogP contribution < -0.4 is 5.73 Å². The van der Waals surface area contributed by atoms with Crippen molar-refractivity contribution in [2.75, 3.05) is 0 Å². The maximum Gasteiger partial charge on any atom is 0.108 e. The lowest BCUT2D eigenvalue weighted by atomic mass is 9.72. The molecule has 0 bridgehead atoms. The van der Waals surface area contributed by atoms with Gasteiger partial charge >= 0.3 is 0 Å². The van der Waals surface area contributed by atoms with Crippen LogP contribution in [0.2, 0.25) is 0 Å². The monoisotopic (exact) mass is 173 g/mol. The predicted molar refractivity (Wildman–Crippen MR) is 49.7 cm³/mol. The maximum atomic E-state index is 13.6. The van der Waals surface area contributed by atoms with Crippen LogP contribution in [0.5, 0.6) is 0 Å². The number of halogens is 1. The van der Waals surface area contributed by atoms with Crippen LogP contribution >= 0.6 is 0 Å². The van der Waals surface area contributed by atoms with E-state index in [2.05, 4.69) is 13.8 Å². The Morgan fingerprint density at radius 1 is 1.50 bits per heavy atom. The van der Waals surface area contributed by atoms with Crippen LogP contribution in [0.1, 0.15) is 40.0 Å². The molecule has 1 nitrogen and oxygen atoms in total. The summed E-state index contributed by atoms with van der Waals surface area (Å²) in [6.07, 6.45) is 2.12. The summed E-state index contributed by atoms with van der Waals surface area (Å²) in [6, 6.07) is 0.217. The molecule has 1 aliphatic carbocycles. The molecule has 0 aromatic rings. The third-order valence-electron chi connectivity index (χ3n) is 3.07. The van der Waals surface area contributed by atoms with E-state index in [1.54, 1.807) is 6.92 Å². The minimum absolute atomic E-state index is 0.217. The van der Waals surface area contributed by atoms with Crippen molar-refractivity contribution in [1.29, 1.82) is 0 Å². The largest absolute Gasteiger partial charge is 0.327 e. The van der Waals surface area contributed by atoms with Gasteiger partial charge in [-0.3, -0.25) is 0 Å². The first kappa shape index (κ1) is 9.97. The van der Waals surface area contributed by atoms with Gasteiger partial charge in [0, 0.05) is 6.04 Å². The van der Waals surface area contributed by atoms with Crippen LogP contribution in [0.4, 0.5) is 4.39 Å². The third-order valence-corrected chi connectivity index (χ3v) is 3.07. The summed E-state index contributed by atoms with van der Waals surface area (Å²) in [4.78, 5) is 0. The van der Waals surface area contributed by atoms with E-state index in [0.29, 0.717) is 24.7 Å². The SMILES string of the molecule is CC(C)C1CC(C)(F)CCC1N. The number of rotatable bonds is 1. The fourth-order valence-electron chi connectivity index (χ4n) is 2.16. The molecule has 2 N–H and O–H groups in total. The Hall–Kier alpha value is -0.110. The van der Waals surface area contributed by atoms with Gasteiger partial charge < -0.3 is 5.73 Å². The molecule has 2 heteroatoms. The van der Waals surface area contributed by atoms with Gasteiger partial charge in [0.1, 0.15) is 5.67 Å². The van der Waals surface area contributed by atoms with Crippen LogP contribution in [-0.4, -0.2) is 11.7 Å². The van der Waals surface area contributed by atoms with Gasteiger partial charge in [-0.25, -0.2) is 4.39 Å². The third kappa shape index (κ3) is 2.19. The van der Waals surface area contributed by atoms with Crippen molar-refractivity contribution in [3.05, 3.63) is 0 Å². The Morgan fingerprint density at radius 2 is 2.08 bits per heavy atom. The molecule has 1 rings (SSSR count). The second kappa shape index (κ2) is 3.33. The van der Waals surface area contributed by atoms with Gasteiger partial charge in [-0.05, 0) is 38.0 Å². The second-order valence-electron chi connectivity index (χ2n) is 4.73. The van der Waals surface area contributed by atoms with Crippen molar-refractivity contribution in [2.24, 2.45) is 17.6 Å². The standard InChI is InChI=1S/C10H20FN/c1-7(2)8-6-10(3,11)5-4-9(8)12/h7-9H,4-6,12H2,1-3H3. The summed E-state index contributed by atoms with van der Waals surface area (Å²) in [5, 5.41) is 0. The highest BCUT2D eigenvalue weighted by Gasteiger charge is 2.37. The van der Waals surface area contributed by atoms with E-state index in [9.17, 15) is 4.39 Å². The molecule has 1 aliphatic rings. The van der Waals surface area contributed by atoms with Crippen LogP contribution in [0.25, 0.3) is 0 Å². The summed E-state index contributed by atoms with van der Waals surface area (Å²) in [5.41, 5.74) is 4.97. The Morgan fingerprint density at radius 3 is 2.50 bits per heavy atom. The lowest BCUT2D eigenvalue weighted by Crippen LogP contribution is -2.43. The highest BCUT2D eigenvalue weighted by molar-refractivity contribution is 4.90. The van der Waals surface area contributed by atoms with Gasteiger partial charge in [-0.2, -0.15) is 0 Å². The molecule has 0 radical (unpaired) electrons. The summed E-state index contributed by atoms with van der Waals surface area (Å²) in [6.45, 7) is 5.96. The zero-order chi connectivity index (χ0) is 9.35. The molecule has 0 heterocycles. The average Bonchev–Trinajstić information content (AvgIpc) is 1.94. The number of nitrogens with two attached hydrogens (primary N) is 1. The van der Waals surface area contributed by atoms with Gasteiger partial charge in [0.2, 0.25) is 0 Å². The molecular weight excluding hydrogens is 153 g/mol. The van der Waals surface area contributed by atoms with Crippen molar-refractivity contribution in [3.8, 4) is 0 Å². The molecule has 0 spiro atoms. The molecule has 0 aromatic carbocycles. The molecule has 0 aromatic heterocycles. The average molecular weight is 173 g/mol. The van der Waals surface area contributed by atoms with E-state index < -0.39 is 5.67 Å². The molecule has 1 fully saturated rings. The number of alkyl halides is 1. The van der Waals surface area contributed by atoms with Crippen LogP contribution in [0.15, 0.2) is 0 Å². The first-order chi connectivity index (χ1) is 5.42. The Balaban J connectivity index is 2.59. The fraction of sp³-hybridized carbons (Fsp3) is 1.00. The zero-order valence-corrected chi connectivity index (χ0v) is 8.31. The molecule has 0 aliphatic heterocycles. The van der Waals surface area contributed by atoms with Crippen LogP contribution in [-0.2, 0) is 0 Å². The zero-order valence-electron chi connectivity index (χ0n) is 8.31. The highest BCUT2D eigenvalue weighted by Crippen LogP contribution is 2.37. The van der Waals surface area contributed by atoms with Gasteiger partial charge in [0.15, 0.2) is 0 Å². The smallest absolute Gasteiger partial charge is 0.108 e. The van der Waals surface area contributed by atoms with Crippen molar-refractivity contribution >= 4 is 0 Å². The predicted octanol–water partition coefficient (Wildman–Crippen LogP) is 2.50. The molecule has 0 saturated heterocycles. The molecule has 12 heavy (non-hydrogen) atoms. The van der Waals surface area contributed by atoms with E-state index in [4.69, 9.17) is 5.73 Å². The van der Waals surface area contributed by atoms with E-state index >= 15 is 0 Å². The topological polar surface area (TPSA) is 26.0 Å². The summed E-state index contributed by atoms with van der Waals surface area (Å²) < 4.78 is 13.6. The Labute approximate surface area is 74.5 Å². The van der Waals surface area contributed by atoms with Gasteiger partial charge in [-0.15, -0.1) is 0 Å². The Bertz CT molecular complexity index is 154. The molecular formula is C10H20FN. The first-order valence-electron chi connectivity index (χ1n) is 4.87. The van der Waals surface area contributed by atoms with Crippen molar-refractivity contribution in [1.82, 2.24) is 0 Å². The normalized spacial score (nSPS) is 43.5. The van der Waals surface area contributed by atoms with Gasteiger partial charge in [-0.1, -0.05) is 13.8 Å². The van der Waals surface area contributed by atoms with Gasteiger partial charge in [0.25, 0.3) is 0 Å². The highest BCUT2D eigenvalue weighted by atomic mass is 19.1. The number of hydrogen-bond acceptors (Lipinski definition) is 1. The summed E-state index contributed by atoms with van der Waals surface area (Å²) >= 11 is 0. The Kier molecular flexibility index (Phi) is 2.77. The number of hydrogen-bond donors (Lipinski definition) is 1. The molecule has 3 unspecified atom stereocenters. The van der Waals surface area contributed by atoms with E-state index in [0.717, 1.165) is 6.42 Å². The van der Waals surface area contributed by atoms with Crippen molar-refractivity contribution in [2.45, 2.75) is 51.7 Å². The maximum absolute atomic E-state index is 13.6. The van der Waals surface area contributed by atoms with E-state index in [-0.39, 0.29) is 6.04 Å². The quantitative estimate of drug-likeness (QED) is 0.647. The second-order valence-corrected chi connectivity index (χ2v) is 4.73. The lowest BCUT2D eigenvalue weighted by Gasteiger charge is -2.38. The minimum Gasteiger partial charge on any atom is -0.327 e. The van der Waals surface area contributed by atoms with Crippen LogP contribution in [0.3, 0.4) is 0 Å². The molecule has 72 valence electrons. The molecule has 1 saturated carbocycles. The summed E-state index contributed by atoms with van der Waals surface area (Å²) in [5.74, 6) is 0.879. The van der Waals surface area contributed by atoms with Gasteiger partial charge in [0.05, 0.1) is 0 Å². The minimum atomic E-state index is -0.967. The first-order valence-corrected chi connectivity index (χ1v) is 4.87. The molecule has 3 atom stereocenters. The van der Waals surface area contributed by atoms with Crippen molar-refractivity contribution in [3.63, 3.8) is 0 Å². The van der Waals surface area contributed by atoms with E-state index in [1.807, 2.05) is 0 Å². The molecule has 0 amide bonds. The van der Waals surface area contributed by atoms with Crippen molar-refractivity contribution < 1.29 is 4.39 Å².